The molecular formula is C10H13N3O2S. The highest BCUT2D eigenvalue weighted by molar-refractivity contribution is 7.99. The molecule has 0 saturated carbocycles. The maximum absolute atomic E-state index is 11.0. The first kappa shape index (κ1) is 11.2. The molecule has 1 fully saturated rings. The Labute approximate surface area is 97.7 Å². The molecule has 0 aromatic carbocycles. The number of nitrogens with zero attached hydrogens (tertiary/aromatic N) is 2. The molecule has 0 aliphatic carbocycles. The highest BCUT2D eigenvalue weighted by Gasteiger charge is 2.17. The van der Waals surface area contributed by atoms with Crippen LogP contribution in [0.3, 0.4) is 0 Å². The number of carboxylic acids is 1. The molecule has 0 bridgehead atoms. The summed E-state index contributed by atoms with van der Waals surface area (Å²) in [5.74, 6) is 1.63. The summed E-state index contributed by atoms with van der Waals surface area (Å²) in [4.78, 5) is 11.0. The van der Waals surface area contributed by atoms with E-state index in [1.165, 1.54) is 12.3 Å². The minimum Gasteiger partial charge on any atom is -0.478 e. The van der Waals surface area contributed by atoms with Crippen LogP contribution in [-0.2, 0) is 0 Å². The van der Waals surface area contributed by atoms with Crippen molar-refractivity contribution < 1.29 is 9.90 Å². The van der Waals surface area contributed by atoms with Crippen LogP contribution in [0.25, 0.3) is 0 Å². The van der Waals surface area contributed by atoms with Gasteiger partial charge in [-0.3, -0.25) is 0 Å². The molecule has 6 heteroatoms. The van der Waals surface area contributed by atoms with Gasteiger partial charge in [-0.05, 0) is 30.4 Å². The maximum atomic E-state index is 11.0. The number of aromatic nitrogens is 2. The fourth-order valence-corrected chi connectivity index (χ4v) is 2.75. The molecule has 5 nitrogen and oxygen atoms in total. The van der Waals surface area contributed by atoms with E-state index in [1.807, 2.05) is 11.8 Å². The minimum absolute atomic E-state index is 0.188. The van der Waals surface area contributed by atoms with Gasteiger partial charge in [-0.15, -0.1) is 5.10 Å². The molecule has 0 unspecified atom stereocenters. The predicted octanol–water partition coefficient (Wildman–Crippen LogP) is 1.48. The van der Waals surface area contributed by atoms with E-state index in [2.05, 4.69) is 15.5 Å². The zero-order valence-electron chi connectivity index (χ0n) is 8.72. The number of carbonyl (C=O) groups is 1. The number of nitrogens with one attached hydrogen (secondary N) is 1. The molecule has 1 aromatic rings. The van der Waals surface area contributed by atoms with Crippen molar-refractivity contribution in [1.82, 2.24) is 10.2 Å². The van der Waals surface area contributed by atoms with Crippen molar-refractivity contribution in [2.45, 2.75) is 18.9 Å². The average Bonchev–Trinajstić information content (AvgIpc) is 2.31. The highest BCUT2D eigenvalue weighted by Crippen LogP contribution is 2.21. The van der Waals surface area contributed by atoms with E-state index in [0.29, 0.717) is 11.9 Å². The second-order valence-electron chi connectivity index (χ2n) is 3.63. The molecule has 0 atom stereocenters. The van der Waals surface area contributed by atoms with E-state index in [4.69, 9.17) is 5.11 Å². The fraction of sp³-hybridized carbons (Fsp3) is 0.500. The standard InChI is InChI=1S/C10H13N3O2S/c14-10(15)8-1-4-11-13-9(8)12-7-2-5-16-6-3-7/h1,4,7H,2-3,5-6H2,(H,12,13)(H,14,15). The Bertz CT molecular complexity index is 380. The molecule has 1 aliphatic rings. The number of rotatable bonds is 3. The molecule has 1 aliphatic heterocycles. The van der Waals surface area contributed by atoms with Gasteiger partial charge in [-0.1, -0.05) is 0 Å². The van der Waals surface area contributed by atoms with E-state index in [-0.39, 0.29) is 5.56 Å². The van der Waals surface area contributed by atoms with Crippen molar-refractivity contribution in [2.75, 3.05) is 16.8 Å². The number of hydrogen-bond donors (Lipinski definition) is 2. The molecule has 1 saturated heterocycles. The first-order valence-electron chi connectivity index (χ1n) is 5.16. The van der Waals surface area contributed by atoms with E-state index in [9.17, 15) is 4.79 Å². The van der Waals surface area contributed by atoms with Crippen molar-refractivity contribution >= 4 is 23.5 Å². The second kappa shape index (κ2) is 5.16. The molecule has 2 rings (SSSR count). The van der Waals surface area contributed by atoms with Gasteiger partial charge in [-0.25, -0.2) is 4.79 Å². The van der Waals surface area contributed by atoms with Gasteiger partial charge in [0, 0.05) is 6.04 Å². The largest absolute Gasteiger partial charge is 0.478 e. The SMILES string of the molecule is O=C(O)c1ccnnc1NC1CCSCC1. The molecule has 0 amide bonds. The topological polar surface area (TPSA) is 75.1 Å². The first-order chi connectivity index (χ1) is 7.77. The Morgan fingerprint density at radius 1 is 1.50 bits per heavy atom. The molecule has 2 N–H and O–H groups in total. The van der Waals surface area contributed by atoms with Crippen molar-refractivity contribution in [3.63, 3.8) is 0 Å². The van der Waals surface area contributed by atoms with E-state index < -0.39 is 5.97 Å². The minimum atomic E-state index is -0.970. The van der Waals surface area contributed by atoms with Gasteiger partial charge in [-0.2, -0.15) is 16.9 Å². The predicted molar refractivity (Wildman–Crippen MR) is 63.0 cm³/mol. The molecular weight excluding hydrogens is 226 g/mol. The van der Waals surface area contributed by atoms with Crippen molar-refractivity contribution in [2.24, 2.45) is 0 Å². The lowest BCUT2D eigenvalue weighted by molar-refractivity contribution is 0.0697. The lowest BCUT2D eigenvalue weighted by Crippen LogP contribution is -2.26. The van der Waals surface area contributed by atoms with Gasteiger partial charge in [0.15, 0.2) is 5.82 Å². The Kier molecular flexibility index (Phi) is 3.61. The van der Waals surface area contributed by atoms with Gasteiger partial charge >= 0.3 is 5.97 Å². The van der Waals surface area contributed by atoms with Crippen molar-refractivity contribution in [1.29, 1.82) is 0 Å². The van der Waals surface area contributed by atoms with Gasteiger partial charge in [0.05, 0.1) is 6.20 Å². The van der Waals surface area contributed by atoms with E-state index >= 15 is 0 Å². The average molecular weight is 239 g/mol. The van der Waals surface area contributed by atoms with Gasteiger partial charge in [0.1, 0.15) is 5.56 Å². The van der Waals surface area contributed by atoms with Crippen molar-refractivity contribution in [3.05, 3.63) is 17.8 Å². The van der Waals surface area contributed by atoms with Crippen LogP contribution >= 0.6 is 11.8 Å². The molecule has 86 valence electrons. The third kappa shape index (κ3) is 2.63. The Balaban J connectivity index is 2.10. The van der Waals surface area contributed by atoms with E-state index in [0.717, 1.165) is 24.3 Å². The summed E-state index contributed by atoms with van der Waals surface area (Å²) < 4.78 is 0. The zero-order chi connectivity index (χ0) is 11.4. The summed E-state index contributed by atoms with van der Waals surface area (Å²) in [6, 6.07) is 1.78. The van der Waals surface area contributed by atoms with Crippen LogP contribution in [-0.4, -0.2) is 38.8 Å². The van der Waals surface area contributed by atoms with Crippen LogP contribution in [0.1, 0.15) is 23.2 Å². The van der Waals surface area contributed by atoms with Crippen LogP contribution in [0.4, 0.5) is 5.82 Å². The summed E-state index contributed by atoms with van der Waals surface area (Å²) in [6.07, 6.45) is 3.48. The Morgan fingerprint density at radius 2 is 2.25 bits per heavy atom. The zero-order valence-corrected chi connectivity index (χ0v) is 9.54. The number of aromatic carboxylic acids is 1. The lowest BCUT2D eigenvalue weighted by atomic mass is 10.1. The van der Waals surface area contributed by atoms with Crippen LogP contribution in [0.5, 0.6) is 0 Å². The van der Waals surface area contributed by atoms with Gasteiger partial charge < -0.3 is 10.4 Å². The highest BCUT2D eigenvalue weighted by atomic mass is 32.2. The molecule has 2 heterocycles. The second-order valence-corrected chi connectivity index (χ2v) is 4.85. The number of anilines is 1. The first-order valence-corrected chi connectivity index (χ1v) is 6.32. The van der Waals surface area contributed by atoms with Crippen LogP contribution in [0.2, 0.25) is 0 Å². The molecule has 0 spiro atoms. The summed E-state index contributed by atoms with van der Waals surface area (Å²) in [5, 5.41) is 19.7. The van der Waals surface area contributed by atoms with Crippen LogP contribution < -0.4 is 5.32 Å². The monoisotopic (exact) mass is 239 g/mol. The van der Waals surface area contributed by atoms with Crippen molar-refractivity contribution in [3.8, 4) is 0 Å². The van der Waals surface area contributed by atoms with Crippen LogP contribution in [0, 0.1) is 0 Å². The normalized spacial score (nSPS) is 17.0. The Hall–Kier alpha value is -1.30. The quantitative estimate of drug-likeness (QED) is 0.832. The summed E-state index contributed by atoms with van der Waals surface area (Å²) in [6.45, 7) is 0. The van der Waals surface area contributed by atoms with Gasteiger partial charge in [0.25, 0.3) is 0 Å². The molecule has 16 heavy (non-hydrogen) atoms. The Morgan fingerprint density at radius 3 is 2.94 bits per heavy atom. The number of hydrogen-bond acceptors (Lipinski definition) is 5. The number of carboxylic acid groups (broad SMARTS) is 1. The summed E-state index contributed by atoms with van der Waals surface area (Å²) in [7, 11) is 0. The fourth-order valence-electron chi connectivity index (χ4n) is 1.65. The molecule has 1 aromatic heterocycles. The number of thioether (sulfide) groups is 1. The smallest absolute Gasteiger partial charge is 0.339 e. The van der Waals surface area contributed by atoms with Crippen LogP contribution in [0.15, 0.2) is 12.3 Å². The van der Waals surface area contributed by atoms with E-state index in [1.54, 1.807) is 0 Å². The molecule has 0 radical (unpaired) electrons. The summed E-state index contributed by atoms with van der Waals surface area (Å²) >= 11 is 1.93. The summed E-state index contributed by atoms with van der Waals surface area (Å²) in [5.41, 5.74) is 0.188. The lowest BCUT2D eigenvalue weighted by Gasteiger charge is -2.23. The third-order valence-electron chi connectivity index (χ3n) is 2.51. The maximum Gasteiger partial charge on any atom is 0.339 e. The van der Waals surface area contributed by atoms with Gasteiger partial charge in [0.2, 0.25) is 0 Å². The third-order valence-corrected chi connectivity index (χ3v) is 3.56.